The van der Waals surface area contributed by atoms with E-state index in [4.69, 9.17) is 29.0 Å². The number of ether oxygens (including phenoxy) is 4. The third-order valence-electron chi connectivity index (χ3n) is 6.87. The van der Waals surface area contributed by atoms with E-state index in [1.165, 1.54) is 0 Å². The maximum absolute atomic E-state index is 12.3. The molecule has 264 valence electrons. The van der Waals surface area contributed by atoms with Crippen molar-refractivity contribution in [3.05, 3.63) is 57.6 Å². The monoisotopic (exact) mass is 732 g/mol. The van der Waals surface area contributed by atoms with Crippen LogP contribution in [0.25, 0.3) is 0 Å². The summed E-state index contributed by atoms with van der Waals surface area (Å²) in [5, 5.41) is 16.5. The molecule has 2 N–H and O–H groups in total. The van der Waals surface area contributed by atoms with E-state index in [-0.39, 0.29) is 5.82 Å². The van der Waals surface area contributed by atoms with E-state index in [0.29, 0.717) is 34.8 Å². The maximum atomic E-state index is 12.3. The number of halogens is 1. The molecule has 2 aliphatic rings. The summed E-state index contributed by atoms with van der Waals surface area (Å²) in [7, 11) is -1.04. The lowest BCUT2D eigenvalue weighted by molar-refractivity contribution is -0.171. The van der Waals surface area contributed by atoms with E-state index >= 15 is 0 Å². The molecule has 0 atom stereocenters. The highest BCUT2D eigenvalue weighted by Gasteiger charge is 2.37. The number of hydrogen-bond donors (Lipinski definition) is 2. The number of carbonyl (C=O) groups is 4. The molecule has 2 aliphatic carbocycles. The number of rotatable bonds is 10. The molecule has 0 radical (unpaired) electrons. The van der Waals surface area contributed by atoms with Gasteiger partial charge in [0.25, 0.3) is 0 Å². The van der Waals surface area contributed by atoms with Gasteiger partial charge in [-0.15, -0.1) is 0 Å². The van der Waals surface area contributed by atoms with Crippen molar-refractivity contribution in [1.82, 2.24) is 0 Å². The average Bonchev–Trinajstić information content (AvgIpc) is 3.85. The Bertz CT molecular complexity index is 1430. The quantitative estimate of drug-likeness (QED) is 0.145. The molecule has 0 heterocycles. The number of benzene rings is 2. The molecule has 0 unspecified atom stereocenters. The van der Waals surface area contributed by atoms with E-state index < -0.39 is 41.5 Å². The number of carbonyl (C=O) groups excluding carboxylic acids is 4. The van der Waals surface area contributed by atoms with Gasteiger partial charge in [-0.25, -0.2) is 9.59 Å². The topological polar surface area (TPSA) is 146 Å². The molecule has 48 heavy (non-hydrogen) atoms. The average molecular weight is 734 g/mol. The van der Waals surface area contributed by atoms with Gasteiger partial charge in [0.15, 0.2) is 23.8 Å². The van der Waals surface area contributed by atoms with Crippen LogP contribution in [-0.4, -0.2) is 64.1 Å². The third-order valence-corrected chi connectivity index (χ3v) is 7.36. The molecule has 2 fully saturated rings. The molecule has 0 spiro atoms. The number of esters is 2. The molecule has 0 amide bonds. The van der Waals surface area contributed by atoms with Crippen molar-refractivity contribution in [2.45, 2.75) is 129 Å². The first kappa shape index (κ1) is 41.0. The Labute approximate surface area is 293 Å². The highest BCUT2D eigenvalue weighted by Crippen LogP contribution is 2.42. The van der Waals surface area contributed by atoms with E-state index in [9.17, 15) is 19.2 Å². The van der Waals surface area contributed by atoms with Gasteiger partial charge in [0.2, 0.25) is 0 Å². The van der Waals surface area contributed by atoms with Gasteiger partial charge in [0, 0.05) is 4.47 Å². The molecule has 0 aliphatic heterocycles. The molecule has 12 heteroatoms. The van der Waals surface area contributed by atoms with E-state index in [2.05, 4.69) is 15.9 Å². The summed E-state index contributed by atoms with van der Waals surface area (Å²) in [4.78, 5) is 46.6. The van der Waals surface area contributed by atoms with Crippen molar-refractivity contribution in [2.75, 3.05) is 0 Å². The SMILES string of the molecule is CC(C)(C)OC(=O)C(C)(C)Oc1cc(Br)ccc1C=O.CC(C)(C)OC(=O)C(C)(C)Oc1cc(C2CC2)ccc1C=O.OB(O)C1CC1. The van der Waals surface area contributed by atoms with Crippen LogP contribution >= 0.6 is 15.9 Å². The molecule has 2 aromatic rings. The van der Waals surface area contributed by atoms with Gasteiger partial charge >= 0.3 is 19.1 Å². The Morgan fingerprint density at radius 1 is 0.708 bits per heavy atom. The van der Waals surface area contributed by atoms with Crippen molar-refractivity contribution in [3.63, 3.8) is 0 Å². The molecule has 0 saturated heterocycles. The molecule has 2 saturated carbocycles. The Hall–Kier alpha value is -3.22. The van der Waals surface area contributed by atoms with Crippen molar-refractivity contribution >= 4 is 47.6 Å². The molecule has 4 rings (SSSR count). The standard InChI is InChI=1S/C18H24O4.C15H19BrO4.C3H7BO2/c1-17(2,3)22-16(20)18(4,5)21-15-10-13(12-6-7-12)8-9-14(15)11-19;1-14(2,3)20-13(18)15(4,5)19-12-8-11(16)7-6-10(12)9-17;5-4(6)3-1-2-3/h8-12H,6-7H2,1-5H3;6-9H,1-5H3;3,5-6H,1-2H2. The summed E-state index contributed by atoms with van der Waals surface area (Å²) in [6.45, 7) is 17.3. The Morgan fingerprint density at radius 3 is 1.46 bits per heavy atom. The van der Waals surface area contributed by atoms with Gasteiger partial charge in [-0.1, -0.05) is 34.8 Å². The largest absolute Gasteiger partial charge is 0.475 e. The Morgan fingerprint density at radius 2 is 1.12 bits per heavy atom. The highest BCUT2D eigenvalue weighted by atomic mass is 79.9. The van der Waals surface area contributed by atoms with Gasteiger partial charge in [0.1, 0.15) is 22.7 Å². The zero-order valence-electron chi connectivity index (χ0n) is 29.7. The van der Waals surface area contributed by atoms with Crippen LogP contribution in [0.15, 0.2) is 40.9 Å². The van der Waals surface area contributed by atoms with Crippen molar-refractivity contribution < 1.29 is 48.2 Å². The summed E-state index contributed by atoms with van der Waals surface area (Å²) in [5.41, 5.74) is -1.55. The fraction of sp³-hybridized carbons (Fsp3) is 0.556. The zero-order chi connectivity index (χ0) is 36.7. The fourth-order valence-corrected chi connectivity index (χ4v) is 4.27. The van der Waals surface area contributed by atoms with Crippen LogP contribution in [-0.2, 0) is 19.1 Å². The molecular formula is C36H50BBrO10. The third kappa shape index (κ3) is 14.1. The predicted molar refractivity (Wildman–Crippen MR) is 188 cm³/mol. The normalized spacial score (nSPS) is 14.6. The summed E-state index contributed by atoms with van der Waals surface area (Å²) >= 11 is 3.31. The summed E-state index contributed by atoms with van der Waals surface area (Å²) < 4.78 is 23.0. The lowest BCUT2D eigenvalue weighted by Crippen LogP contribution is -2.43. The molecular weight excluding hydrogens is 683 g/mol. The summed E-state index contributed by atoms with van der Waals surface area (Å²) in [6.07, 6.45) is 5.75. The lowest BCUT2D eigenvalue weighted by atomic mass is 9.84. The second-order valence-electron chi connectivity index (χ2n) is 15.0. The molecule has 0 bridgehead atoms. The van der Waals surface area contributed by atoms with E-state index in [1.807, 2.05) is 32.9 Å². The Balaban J connectivity index is 0.000000284. The van der Waals surface area contributed by atoms with Crippen molar-refractivity contribution in [3.8, 4) is 11.5 Å². The van der Waals surface area contributed by atoms with Crippen LogP contribution in [0.5, 0.6) is 11.5 Å². The van der Waals surface area contributed by atoms with Gasteiger partial charge < -0.3 is 29.0 Å². The van der Waals surface area contributed by atoms with Crippen LogP contribution in [0.2, 0.25) is 5.82 Å². The van der Waals surface area contributed by atoms with Crippen molar-refractivity contribution in [2.24, 2.45) is 0 Å². The lowest BCUT2D eigenvalue weighted by Gasteiger charge is -2.29. The van der Waals surface area contributed by atoms with Crippen LogP contribution in [0.1, 0.15) is 127 Å². The highest BCUT2D eigenvalue weighted by molar-refractivity contribution is 9.10. The zero-order valence-corrected chi connectivity index (χ0v) is 31.3. The second-order valence-corrected chi connectivity index (χ2v) is 15.9. The van der Waals surface area contributed by atoms with Gasteiger partial charge in [-0.2, -0.15) is 0 Å². The minimum Gasteiger partial charge on any atom is -0.475 e. The first-order valence-corrected chi connectivity index (χ1v) is 16.8. The fourth-order valence-electron chi connectivity index (χ4n) is 3.93. The van der Waals surface area contributed by atoms with E-state index in [0.717, 1.165) is 42.0 Å². The minimum absolute atomic E-state index is 0.213. The van der Waals surface area contributed by atoms with Gasteiger partial charge in [-0.3, -0.25) is 9.59 Å². The van der Waals surface area contributed by atoms with Crippen LogP contribution in [0.4, 0.5) is 0 Å². The summed E-state index contributed by atoms with van der Waals surface area (Å²) in [5.74, 6) is 0.605. The first-order valence-electron chi connectivity index (χ1n) is 16.0. The Kier molecular flexibility index (Phi) is 14.0. The van der Waals surface area contributed by atoms with Gasteiger partial charge in [-0.05, 0) is 130 Å². The first-order chi connectivity index (χ1) is 22.0. The van der Waals surface area contributed by atoms with E-state index in [1.54, 1.807) is 72.7 Å². The number of hydrogen-bond acceptors (Lipinski definition) is 10. The van der Waals surface area contributed by atoms with Crippen LogP contribution < -0.4 is 9.47 Å². The molecule has 2 aromatic carbocycles. The van der Waals surface area contributed by atoms with Crippen LogP contribution in [0, 0.1) is 0 Å². The molecule has 0 aromatic heterocycles. The second kappa shape index (κ2) is 16.5. The predicted octanol–water partition coefficient (Wildman–Crippen LogP) is 7.26. The summed E-state index contributed by atoms with van der Waals surface area (Å²) in [6, 6.07) is 10.6. The minimum atomic E-state index is -1.19. The number of aldehydes is 2. The van der Waals surface area contributed by atoms with Crippen LogP contribution in [0.3, 0.4) is 0 Å². The maximum Gasteiger partial charge on any atom is 0.454 e. The van der Waals surface area contributed by atoms with Gasteiger partial charge in [0.05, 0.1) is 11.1 Å². The molecule has 10 nitrogen and oxygen atoms in total. The van der Waals surface area contributed by atoms with Crippen molar-refractivity contribution in [1.29, 1.82) is 0 Å². The smallest absolute Gasteiger partial charge is 0.454 e.